The van der Waals surface area contributed by atoms with Crippen LogP contribution in [0, 0.1) is 0 Å². The second-order valence-electron chi connectivity index (χ2n) is 9.09. The van der Waals surface area contributed by atoms with Crippen LogP contribution in [0.3, 0.4) is 0 Å². The molecule has 0 spiro atoms. The third-order valence-corrected chi connectivity index (χ3v) is 6.88. The van der Waals surface area contributed by atoms with Crippen molar-refractivity contribution in [3.8, 4) is 45.0 Å². The van der Waals surface area contributed by atoms with Gasteiger partial charge in [0.2, 0.25) is 5.28 Å². The Morgan fingerprint density at radius 3 is 1.91 bits per heavy atom. The summed E-state index contributed by atoms with van der Waals surface area (Å²) in [4.78, 5) is 13.8. The van der Waals surface area contributed by atoms with Crippen molar-refractivity contribution in [3.05, 3.63) is 113 Å². The molecule has 0 saturated carbocycles. The summed E-state index contributed by atoms with van der Waals surface area (Å²) in [6.07, 6.45) is 0. The molecule has 1 aliphatic rings. The highest BCUT2D eigenvalue weighted by Crippen LogP contribution is 2.51. The maximum atomic E-state index is 6.42. The minimum absolute atomic E-state index is 0.0884. The largest absolute Gasteiger partial charge is 0.226 e. The van der Waals surface area contributed by atoms with Gasteiger partial charge in [-0.1, -0.05) is 111 Å². The van der Waals surface area contributed by atoms with Gasteiger partial charge in [-0.15, -0.1) is 0 Å². The van der Waals surface area contributed by atoms with Crippen LogP contribution >= 0.6 is 11.6 Å². The van der Waals surface area contributed by atoms with Gasteiger partial charge in [-0.2, -0.15) is 9.97 Å². The van der Waals surface area contributed by atoms with Crippen LogP contribution in [0.25, 0.3) is 45.0 Å². The molecular formula is C30H22ClN3. The Kier molecular flexibility index (Phi) is 4.82. The van der Waals surface area contributed by atoms with E-state index in [4.69, 9.17) is 16.6 Å². The van der Waals surface area contributed by atoms with Gasteiger partial charge in [0.15, 0.2) is 11.6 Å². The summed E-state index contributed by atoms with van der Waals surface area (Å²) in [6.45, 7) is 4.53. The number of halogens is 1. The number of nitrogens with zero attached hydrogens (tertiary/aromatic N) is 3. The molecule has 0 bridgehead atoms. The number of rotatable bonds is 3. The summed E-state index contributed by atoms with van der Waals surface area (Å²) in [6, 6.07) is 33.5. The van der Waals surface area contributed by atoms with Crippen LogP contribution in [0.5, 0.6) is 0 Å². The minimum Gasteiger partial charge on any atom is -0.208 e. The standard InChI is InChI=1S/C30H22ClN3/c1-30(2)24-13-7-6-11-22(24)26-23(12-8-14-25(26)30)28-32-27(33-29(31)34-28)21-17-15-20(16-18-21)19-9-4-3-5-10-19/h3-18H,1-2H3. The first kappa shape index (κ1) is 20.8. The predicted molar refractivity (Wildman–Crippen MR) is 139 cm³/mol. The zero-order valence-electron chi connectivity index (χ0n) is 19.0. The molecule has 4 aromatic carbocycles. The van der Waals surface area contributed by atoms with E-state index in [1.165, 1.54) is 27.8 Å². The Bertz CT molecular complexity index is 1520. The van der Waals surface area contributed by atoms with Gasteiger partial charge in [-0.05, 0) is 45.0 Å². The third-order valence-electron chi connectivity index (χ3n) is 6.71. The first-order chi connectivity index (χ1) is 16.5. The highest BCUT2D eigenvalue weighted by atomic mass is 35.5. The molecule has 6 rings (SSSR count). The quantitative estimate of drug-likeness (QED) is 0.276. The zero-order chi connectivity index (χ0) is 23.3. The summed E-state index contributed by atoms with van der Waals surface area (Å²) < 4.78 is 0. The summed E-state index contributed by atoms with van der Waals surface area (Å²) in [5.41, 5.74) is 9.09. The van der Waals surface area contributed by atoms with Crippen LogP contribution in [-0.4, -0.2) is 15.0 Å². The van der Waals surface area contributed by atoms with Crippen molar-refractivity contribution in [1.82, 2.24) is 15.0 Å². The maximum Gasteiger partial charge on any atom is 0.226 e. The molecule has 0 aliphatic heterocycles. The average Bonchev–Trinajstić information content (AvgIpc) is 3.11. The van der Waals surface area contributed by atoms with Crippen LogP contribution < -0.4 is 0 Å². The SMILES string of the molecule is CC1(C)c2ccccc2-c2c(-c3nc(Cl)nc(-c4ccc(-c5ccccc5)cc4)n3)cccc21. The van der Waals surface area contributed by atoms with Crippen LogP contribution in [0.4, 0.5) is 0 Å². The topological polar surface area (TPSA) is 38.7 Å². The van der Waals surface area contributed by atoms with Gasteiger partial charge in [0.1, 0.15) is 0 Å². The fourth-order valence-corrected chi connectivity index (χ4v) is 5.14. The van der Waals surface area contributed by atoms with Crippen molar-refractivity contribution in [2.75, 3.05) is 0 Å². The first-order valence-corrected chi connectivity index (χ1v) is 11.7. The van der Waals surface area contributed by atoms with E-state index >= 15 is 0 Å². The number of aromatic nitrogens is 3. The smallest absolute Gasteiger partial charge is 0.208 e. The molecular weight excluding hydrogens is 438 g/mol. The molecule has 0 atom stereocenters. The highest BCUT2D eigenvalue weighted by molar-refractivity contribution is 6.28. The van der Waals surface area contributed by atoms with Gasteiger partial charge in [0, 0.05) is 16.5 Å². The third kappa shape index (κ3) is 3.32. The number of fused-ring (bicyclic) bond motifs is 3. The van der Waals surface area contributed by atoms with Gasteiger partial charge in [0.05, 0.1) is 0 Å². The van der Waals surface area contributed by atoms with Gasteiger partial charge < -0.3 is 0 Å². The maximum absolute atomic E-state index is 6.42. The van der Waals surface area contributed by atoms with E-state index in [1.807, 2.05) is 30.3 Å². The summed E-state index contributed by atoms with van der Waals surface area (Å²) in [5, 5.41) is 0.190. The van der Waals surface area contributed by atoms with Gasteiger partial charge >= 0.3 is 0 Å². The lowest BCUT2D eigenvalue weighted by atomic mass is 9.82. The van der Waals surface area contributed by atoms with Crippen molar-refractivity contribution in [1.29, 1.82) is 0 Å². The molecule has 34 heavy (non-hydrogen) atoms. The van der Waals surface area contributed by atoms with Crippen LogP contribution in [0.2, 0.25) is 5.28 Å². The Morgan fingerprint density at radius 1 is 0.529 bits per heavy atom. The summed E-state index contributed by atoms with van der Waals surface area (Å²) >= 11 is 6.42. The van der Waals surface area contributed by atoms with Crippen molar-refractivity contribution in [2.45, 2.75) is 19.3 Å². The molecule has 0 fully saturated rings. The Labute approximate surface area is 204 Å². The van der Waals surface area contributed by atoms with E-state index in [-0.39, 0.29) is 10.7 Å². The minimum atomic E-state index is -0.0884. The van der Waals surface area contributed by atoms with E-state index in [2.05, 4.69) is 90.5 Å². The fraction of sp³-hybridized carbons (Fsp3) is 0.100. The number of benzene rings is 4. The summed E-state index contributed by atoms with van der Waals surface area (Å²) in [5.74, 6) is 1.16. The van der Waals surface area contributed by atoms with E-state index in [1.54, 1.807) is 0 Å². The Morgan fingerprint density at radius 2 is 1.12 bits per heavy atom. The normalized spacial score (nSPS) is 13.4. The lowest BCUT2D eigenvalue weighted by molar-refractivity contribution is 0.660. The van der Waals surface area contributed by atoms with Crippen molar-refractivity contribution in [2.24, 2.45) is 0 Å². The van der Waals surface area contributed by atoms with E-state index in [0.29, 0.717) is 11.6 Å². The van der Waals surface area contributed by atoms with Crippen LogP contribution in [0.15, 0.2) is 97.1 Å². The second kappa shape index (κ2) is 7.89. The Hall–Kier alpha value is -3.82. The van der Waals surface area contributed by atoms with Crippen molar-refractivity contribution in [3.63, 3.8) is 0 Å². The molecule has 0 N–H and O–H groups in total. The molecule has 164 valence electrons. The molecule has 3 nitrogen and oxygen atoms in total. The van der Waals surface area contributed by atoms with Gasteiger partial charge in [0.25, 0.3) is 0 Å². The molecule has 0 unspecified atom stereocenters. The number of hydrogen-bond acceptors (Lipinski definition) is 3. The second-order valence-corrected chi connectivity index (χ2v) is 9.43. The van der Waals surface area contributed by atoms with Crippen LogP contribution in [-0.2, 0) is 5.41 Å². The predicted octanol–water partition coefficient (Wildman–Crippen LogP) is 7.83. The molecule has 1 heterocycles. The first-order valence-electron chi connectivity index (χ1n) is 11.3. The Balaban J connectivity index is 1.47. The van der Waals surface area contributed by atoms with Crippen molar-refractivity contribution < 1.29 is 0 Å². The van der Waals surface area contributed by atoms with E-state index in [0.717, 1.165) is 16.7 Å². The van der Waals surface area contributed by atoms with Crippen LogP contribution in [0.1, 0.15) is 25.0 Å². The molecule has 0 amide bonds. The van der Waals surface area contributed by atoms with Gasteiger partial charge in [-0.25, -0.2) is 4.98 Å². The monoisotopic (exact) mass is 459 g/mol. The average molecular weight is 460 g/mol. The van der Waals surface area contributed by atoms with E-state index < -0.39 is 0 Å². The number of hydrogen-bond donors (Lipinski definition) is 0. The molecule has 5 aromatic rings. The highest BCUT2D eigenvalue weighted by Gasteiger charge is 2.36. The molecule has 1 aromatic heterocycles. The molecule has 0 radical (unpaired) electrons. The molecule has 0 saturated heterocycles. The van der Waals surface area contributed by atoms with Crippen molar-refractivity contribution >= 4 is 11.6 Å². The molecule has 4 heteroatoms. The zero-order valence-corrected chi connectivity index (χ0v) is 19.7. The van der Waals surface area contributed by atoms with Gasteiger partial charge in [-0.3, -0.25) is 0 Å². The lowest BCUT2D eigenvalue weighted by Gasteiger charge is -2.21. The van der Waals surface area contributed by atoms with E-state index in [9.17, 15) is 0 Å². The fourth-order valence-electron chi connectivity index (χ4n) is 4.98. The lowest BCUT2D eigenvalue weighted by Crippen LogP contribution is -2.14. The summed E-state index contributed by atoms with van der Waals surface area (Å²) in [7, 11) is 0. The molecule has 1 aliphatic carbocycles.